The van der Waals surface area contributed by atoms with Crippen LogP contribution in [0.25, 0.3) is 0 Å². The normalized spacial score (nSPS) is 18.7. The molecule has 7 heteroatoms. The number of aromatic amines is 1. The first kappa shape index (κ1) is 18.4. The van der Waals surface area contributed by atoms with E-state index < -0.39 is 0 Å². The molecule has 1 fully saturated rings. The lowest BCUT2D eigenvalue weighted by molar-refractivity contribution is -0.139. The molecule has 134 valence electrons. The van der Waals surface area contributed by atoms with Crippen LogP contribution in [0.2, 0.25) is 0 Å². The second-order valence-electron chi connectivity index (χ2n) is 6.73. The van der Waals surface area contributed by atoms with E-state index in [9.17, 15) is 9.59 Å². The zero-order valence-corrected chi connectivity index (χ0v) is 15.1. The predicted octanol–water partition coefficient (Wildman–Crippen LogP) is 0.920. The van der Waals surface area contributed by atoms with E-state index in [1.54, 1.807) is 11.9 Å². The van der Waals surface area contributed by atoms with Crippen LogP contribution in [-0.2, 0) is 22.6 Å². The summed E-state index contributed by atoms with van der Waals surface area (Å²) in [6.07, 6.45) is 2.18. The van der Waals surface area contributed by atoms with Crippen LogP contribution in [0, 0.1) is 0 Å². The van der Waals surface area contributed by atoms with E-state index in [2.05, 4.69) is 41.2 Å². The molecule has 0 aliphatic carbocycles. The van der Waals surface area contributed by atoms with Gasteiger partial charge in [-0.05, 0) is 26.3 Å². The molecular weight excluding hydrogens is 306 g/mol. The molecule has 1 aromatic rings. The second kappa shape index (κ2) is 8.28. The van der Waals surface area contributed by atoms with Crippen molar-refractivity contribution in [1.29, 1.82) is 0 Å². The molecule has 1 unspecified atom stereocenters. The molecule has 0 spiro atoms. The van der Waals surface area contributed by atoms with Crippen molar-refractivity contribution in [3.63, 3.8) is 0 Å². The second-order valence-corrected chi connectivity index (χ2v) is 6.73. The number of carbonyl (C=O) groups is 2. The maximum Gasteiger partial charge on any atom is 0.237 e. The molecule has 2 rings (SSSR count). The zero-order chi connectivity index (χ0) is 17.7. The van der Waals surface area contributed by atoms with Crippen LogP contribution in [0.5, 0.6) is 0 Å². The largest absolute Gasteiger partial charge is 0.353 e. The smallest absolute Gasteiger partial charge is 0.237 e. The standard InChI is InChI=1S/C17H29N5O2/c1-5-6-13-9-14(20-19-13)11-21(4)16(23)10-15-17(24)18-7-8-22(15)12(2)3/h9,12,15H,5-8,10-11H2,1-4H3,(H,18,24)(H,19,20). The van der Waals surface area contributed by atoms with Crippen molar-refractivity contribution in [3.05, 3.63) is 17.5 Å². The molecule has 1 atom stereocenters. The maximum absolute atomic E-state index is 12.5. The van der Waals surface area contributed by atoms with Crippen molar-refractivity contribution in [2.45, 2.75) is 58.7 Å². The molecule has 1 aliphatic heterocycles. The van der Waals surface area contributed by atoms with Gasteiger partial charge in [-0.15, -0.1) is 0 Å². The Kier molecular flexibility index (Phi) is 6.36. The van der Waals surface area contributed by atoms with Crippen LogP contribution in [0.3, 0.4) is 0 Å². The third-order valence-corrected chi connectivity index (χ3v) is 4.43. The van der Waals surface area contributed by atoms with Gasteiger partial charge in [0.25, 0.3) is 0 Å². The number of nitrogens with zero attached hydrogens (tertiary/aromatic N) is 3. The number of amides is 2. The lowest BCUT2D eigenvalue weighted by atomic mass is 10.1. The topological polar surface area (TPSA) is 81.3 Å². The lowest BCUT2D eigenvalue weighted by Crippen LogP contribution is -2.58. The Labute approximate surface area is 143 Å². The van der Waals surface area contributed by atoms with Gasteiger partial charge in [0.2, 0.25) is 11.8 Å². The number of H-pyrrole nitrogens is 1. The fourth-order valence-electron chi connectivity index (χ4n) is 3.10. The van der Waals surface area contributed by atoms with E-state index in [1.165, 1.54) is 0 Å². The summed E-state index contributed by atoms with van der Waals surface area (Å²) in [5, 5.41) is 10.1. The highest BCUT2D eigenvalue weighted by Gasteiger charge is 2.33. The van der Waals surface area contributed by atoms with E-state index in [-0.39, 0.29) is 30.3 Å². The Hall–Kier alpha value is -1.89. The minimum Gasteiger partial charge on any atom is -0.353 e. The molecule has 0 aromatic carbocycles. The van der Waals surface area contributed by atoms with Gasteiger partial charge in [0.1, 0.15) is 0 Å². The van der Waals surface area contributed by atoms with Crippen LogP contribution >= 0.6 is 0 Å². The van der Waals surface area contributed by atoms with Crippen LogP contribution in [0.15, 0.2) is 6.07 Å². The van der Waals surface area contributed by atoms with E-state index >= 15 is 0 Å². The molecule has 1 saturated heterocycles. The number of aromatic nitrogens is 2. The van der Waals surface area contributed by atoms with Crippen LogP contribution in [0.1, 0.15) is 45.0 Å². The average molecular weight is 335 g/mol. The predicted molar refractivity (Wildman–Crippen MR) is 92.3 cm³/mol. The monoisotopic (exact) mass is 335 g/mol. The van der Waals surface area contributed by atoms with Crippen molar-refractivity contribution in [2.24, 2.45) is 0 Å². The van der Waals surface area contributed by atoms with Gasteiger partial charge in [0, 0.05) is 26.2 Å². The Bertz CT molecular complexity index is 569. The van der Waals surface area contributed by atoms with Crippen LogP contribution < -0.4 is 5.32 Å². The maximum atomic E-state index is 12.5. The number of piperazine rings is 1. The lowest BCUT2D eigenvalue weighted by Gasteiger charge is -2.38. The summed E-state index contributed by atoms with van der Waals surface area (Å²) in [7, 11) is 1.77. The molecule has 1 aliphatic rings. The van der Waals surface area contributed by atoms with Gasteiger partial charge in [-0.25, -0.2) is 0 Å². The molecule has 0 saturated carbocycles. The Morgan fingerprint density at radius 2 is 2.25 bits per heavy atom. The highest BCUT2D eigenvalue weighted by Crippen LogP contribution is 2.14. The molecule has 0 bridgehead atoms. The van der Waals surface area contributed by atoms with E-state index in [4.69, 9.17) is 0 Å². The van der Waals surface area contributed by atoms with E-state index in [0.29, 0.717) is 13.1 Å². The van der Waals surface area contributed by atoms with Gasteiger partial charge in [-0.1, -0.05) is 13.3 Å². The van der Waals surface area contributed by atoms with Crippen molar-refractivity contribution in [1.82, 2.24) is 25.3 Å². The highest BCUT2D eigenvalue weighted by molar-refractivity contribution is 5.88. The van der Waals surface area contributed by atoms with Gasteiger partial charge in [-0.2, -0.15) is 5.10 Å². The van der Waals surface area contributed by atoms with Gasteiger partial charge in [0.05, 0.1) is 30.4 Å². The molecular formula is C17H29N5O2. The molecule has 2 heterocycles. The number of rotatable bonds is 7. The van der Waals surface area contributed by atoms with Gasteiger partial charge >= 0.3 is 0 Å². The first-order valence-corrected chi connectivity index (χ1v) is 8.73. The number of nitrogens with one attached hydrogen (secondary N) is 2. The highest BCUT2D eigenvalue weighted by atomic mass is 16.2. The molecule has 0 radical (unpaired) electrons. The number of hydrogen-bond acceptors (Lipinski definition) is 4. The van der Waals surface area contributed by atoms with Gasteiger partial charge in [0.15, 0.2) is 0 Å². The van der Waals surface area contributed by atoms with Crippen molar-refractivity contribution in [2.75, 3.05) is 20.1 Å². The Morgan fingerprint density at radius 1 is 1.50 bits per heavy atom. The van der Waals surface area contributed by atoms with Crippen molar-refractivity contribution in [3.8, 4) is 0 Å². The first-order valence-electron chi connectivity index (χ1n) is 8.73. The molecule has 7 nitrogen and oxygen atoms in total. The Morgan fingerprint density at radius 3 is 2.92 bits per heavy atom. The molecule has 2 N–H and O–H groups in total. The fourth-order valence-corrected chi connectivity index (χ4v) is 3.10. The van der Waals surface area contributed by atoms with Gasteiger partial charge < -0.3 is 10.2 Å². The Balaban J connectivity index is 1.95. The summed E-state index contributed by atoms with van der Waals surface area (Å²) in [6.45, 7) is 8.13. The molecule has 1 aromatic heterocycles. The summed E-state index contributed by atoms with van der Waals surface area (Å²) in [5.41, 5.74) is 1.94. The van der Waals surface area contributed by atoms with Crippen LogP contribution in [0.4, 0.5) is 0 Å². The quantitative estimate of drug-likeness (QED) is 0.776. The van der Waals surface area contributed by atoms with Gasteiger partial charge in [-0.3, -0.25) is 19.6 Å². The fraction of sp³-hybridized carbons (Fsp3) is 0.706. The summed E-state index contributed by atoms with van der Waals surface area (Å²) < 4.78 is 0. The van der Waals surface area contributed by atoms with Crippen molar-refractivity contribution < 1.29 is 9.59 Å². The van der Waals surface area contributed by atoms with E-state index in [0.717, 1.165) is 30.8 Å². The summed E-state index contributed by atoms with van der Waals surface area (Å²) in [5.74, 6) is -0.0854. The minimum absolute atomic E-state index is 0.0330. The summed E-state index contributed by atoms with van der Waals surface area (Å²) in [4.78, 5) is 28.5. The minimum atomic E-state index is -0.383. The van der Waals surface area contributed by atoms with Crippen LogP contribution in [-0.4, -0.2) is 64.0 Å². The molecule has 2 amide bonds. The third kappa shape index (κ3) is 4.56. The number of carbonyl (C=O) groups excluding carboxylic acids is 2. The third-order valence-electron chi connectivity index (χ3n) is 4.43. The summed E-state index contributed by atoms with van der Waals surface area (Å²) >= 11 is 0. The average Bonchev–Trinajstić information content (AvgIpc) is 2.96. The van der Waals surface area contributed by atoms with E-state index in [1.807, 2.05) is 6.07 Å². The SMILES string of the molecule is CCCc1cc(CN(C)C(=O)CC2C(=O)NCCN2C(C)C)[nH]n1. The number of aryl methyl sites for hydroxylation is 1. The summed E-state index contributed by atoms with van der Waals surface area (Å²) in [6, 6.07) is 1.86. The molecule has 24 heavy (non-hydrogen) atoms. The number of hydrogen-bond donors (Lipinski definition) is 2. The first-order chi connectivity index (χ1) is 11.4. The van der Waals surface area contributed by atoms with Crippen molar-refractivity contribution >= 4 is 11.8 Å². The zero-order valence-electron chi connectivity index (χ0n) is 15.1.